The van der Waals surface area contributed by atoms with Gasteiger partial charge in [-0.3, -0.25) is 10.3 Å². The van der Waals surface area contributed by atoms with Gasteiger partial charge in [-0.05, 0) is 19.4 Å². The van der Waals surface area contributed by atoms with Crippen molar-refractivity contribution >= 4 is 12.1 Å². The molecule has 0 fully saturated rings. The lowest BCUT2D eigenvalue weighted by Crippen LogP contribution is -2.39. The van der Waals surface area contributed by atoms with Gasteiger partial charge in [0.1, 0.15) is 0 Å². The van der Waals surface area contributed by atoms with Crippen molar-refractivity contribution in [1.29, 1.82) is 0 Å². The maximum Gasteiger partial charge on any atom is 0.413 e. The molecule has 0 saturated carbocycles. The first-order valence-electron chi connectivity index (χ1n) is 5.82. The van der Waals surface area contributed by atoms with Crippen molar-refractivity contribution in [2.24, 2.45) is 4.99 Å². The molecule has 18 heavy (non-hydrogen) atoms. The Morgan fingerprint density at radius 2 is 2.06 bits per heavy atom. The fourth-order valence-electron chi connectivity index (χ4n) is 2.06. The predicted molar refractivity (Wildman–Crippen MR) is 69.6 cm³/mol. The van der Waals surface area contributed by atoms with E-state index in [4.69, 9.17) is 0 Å². The lowest BCUT2D eigenvalue weighted by Gasteiger charge is -2.14. The van der Waals surface area contributed by atoms with Crippen molar-refractivity contribution in [2.75, 3.05) is 13.7 Å². The van der Waals surface area contributed by atoms with Crippen LogP contribution in [0.4, 0.5) is 4.79 Å². The SMILES string of the molecule is COC(=O)NC1=NCC(c2cc(C)cc(C)c2)N1. The van der Waals surface area contributed by atoms with E-state index in [1.54, 1.807) is 0 Å². The van der Waals surface area contributed by atoms with Gasteiger partial charge >= 0.3 is 6.09 Å². The maximum absolute atomic E-state index is 11.1. The van der Waals surface area contributed by atoms with Crippen LogP contribution in [0.5, 0.6) is 0 Å². The summed E-state index contributed by atoms with van der Waals surface area (Å²) < 4.78 is 4.52. The molecule has 96 valence electrons. The standard InChI is InChI=1S/C13H17N3O2/c1-8-4-9(2)6-10(5-8)11-7-14-12(15-11)16-13(17)18-3/h4-6,11H,7H2,1-3H3,(H2,14,15,16,17). The molecule has 1 aromatic carbocycles. The van der Waals surface area contributed by atoms with Gasteiger partial charge in [-0.15, -0.1) is 0 Å². The molecule has 1 amide bonds. The van der Waals surface area contributed by atoms with E-state index in [0.29, 0.717) is 12.5 Å². The van der Waals surface area contributed by atoms with Crippen molar-refractivity contribution in [3.05, 3.63) is 34.9 Å². The van der Waals surface area contributed by atoms with Crippen molar-refractivity contribution in [3.63, 3.8) is 0 Å². The molecular formula is C13H17N3O2. The minimum Gasteiger partial charge on any atom is -0.453 e. The largest absolute Gasteiger partial charge is 0.453 e. The third kappa shape index (κ3) is 2.80. The number of aliphatic imine (C=N–C) groups is 1. The molecule has 1 unspecified atom stereocenters. The third-order valence-corrected chi connectivity index (χ3v) is 2.80. The molecule has 5 nitrogen and oxygen atoms in total. The van der Waals surface area contributed by atoms with E-state index in [1.807, 2.05) is 0 Å². The molecule has 5 heteroatoms. The molecule has 2 N–H and O–H groups in total. The molecule has 1 aliphatic heterocycles. The number of carbonyl (C=O) groups is 1. The number of rotatable bonds is 1. The molecule has 2 rings (SSSR count). The number of benzene rings is 1. The van der Waals surface area contributed by atoms with Gasteiger partial charge in [0.05, 0.1) is 19.7 Å². The number of methoxy groups -OCH3 is 1. The molecule has 1 atom stereocenters. The highest BCUT2D eigenvalue weighted by atomic mass is 16.5. The van der Waals surface area contributed by atoms with Gasteiger partial charge in [-0.2, -0.15) is 0 Å². The molecule has 1 heterocycles. The number of guanidine groups is 1. The van der Waals surface area contributed by atoms with Gasteiger partial charge in [0, 0.05) is 0 Å². The highest BCUT2D eigenvalue weighted by Gasteiger charge is 2.20. The van der Waals surface area contributed by atoms with Crippen molar-refractivity contribution in [3.8, 4) is 0 Å². The Labute approximate surface area is 106 Å². The van der Waals surface area contributed by atoms with Crippen molar-refractivity contribution in [2.45, 2.75) is 19.9 Å². The average molecular weight is 247 g/mol. The predicted octanol–water partition coefficient (Wildman–Crippen LogP) is 1.66. The summed E-state index contributed by atoms with van der Waals surface area (Å²) in [5, 5.41) is 5.70. The second-order valence-electron chi connectivity index (χ2n) is 4.42. The Morgan fingerprint density at radius 1 is 1.39 bits per heavy atom. The molecule has 1 aromatic rings. The number of hydrogen-bond acceptors (Lipinski definition) is 4. The topological polar surface area (TPSA) is 62.7 Å². The number of nitrogens with zero attached hydrogens (tertiary/aromatic N) is 1. The number of hydrogen-bond donors (Lipinski definition) is 2. The number of amides is 1. The molecule has 0 aromatic heterocycles. The molecule has 0 saturated heterocycles. The van der Waals surface area contributed by atoms with Crippen LogP contribution in [-0.2, 0) is 4.74 Å². The van der Waals surface area contributed by atoms with Gasteiger partial charge in [0.2, 0.25) is 5.96 Å². The normalized spacial score (nSPS) is 17.9. The summed E-state index contributed by atoms with van der Waals surface area (Å²) in [5.41, 5.74) is 3.63. The molecule has 1 aliphatic rings. The third-order valence-electron chi connectivity index (χ3n) is 2.80. The second-order valence-corrected chi connectivity index (χ2v) is 4.42. The lowest BCUT2D eigenvalue weighted by molar-refractivity contribution is 0.176. The number of alkyl carbamates (subject to hydrolysis) is 1. The summed E-state index contributed by atoms with van der Waals surface area (Å²) in [4.78, 5) is 15.3. The Bertz CT molecular complexity index is 477. The van der Waals surface area contributed by atoms with Gasteiger partial charge < -0.3 is 10.1 Å². The van der Waals surface area contributed by atoms with E-state index in [9.17, 15) is 4.79 Å². The van der Waals surface area contributed by atoms with Crippen LogP contribution in [0.3, 0.4) is 0 Å². The van der Waals surface area contributed by atoms with Crippen LogP contribution in [0, 0.1) is 13.8 Å². The van der Waals surface area contributed by atoms with Gasteiger partial charge in [-0.25, -0.2) is 4.79 Å². The average Bonchev–Trinajstić information content (AvgIpc) is 2.76. The summed E-state index contributed by atoms with van der Waals surface area (Å²) in [5.74, 6) is 0.464. The quantitative estimate of drug-likeness (QED) is 0.793. The van der Waals surface area contributed by atoms with Gasteiger partial charge in [0.25, 0.3) is 0 Å². The van der Waals surface area contributed by atoms with E-state index < -0.39 is 6.09 Å². The molecule has 0 radical (unpaired) electrons. The van der Waals surface area contributed by atoms with Crippen LogP contribution >= 0.6 is 0 Å². The zero-order valence-electron chi connectivity index (χ0n) is 10.8. The van der Waals surface area contributed by atoms with E-state index in [-0.39, 0.29) is 6.04 Å². The van der Waals surface area contributed by atoms with Crippen molar-refractivity contribution in [1.82, 2.24) is 10.6 Å². The van der Waals surface area contributed by atoms with E-state index in [2.05, 4.69) is 52.4 Å². The fourth-order valence-corrected chi connectivity index (χ4v) is 2.06. The summed E-state index contributed by atoms with van der Waals surface area (Å²) in [6, 6.07) is 6.49. The van der Waals surface area contributed by atoms with E-state index >= 15 is 0 Å². The highest BCUT2D eigenvalue weighted by Crippen LogP contribution is 2.19. The number of ether oxygens (including phenoxy) is 1. The van der Waals surface area contributed by atoms with Crippen LogP contribution in [-0.4, -0.2) is 25.7 Å². The molecule has 0 spiro atoms. The van der Waals surface area contributed by atoms with Crippen molar-refractivity contribution < 1.29 is 9.53 Å². The number of carbonyl (C=O) groups excluding carboxylic acids is 1. The number of nitrogens with one attached hydrogen (secondary N) is 2. The Balaban J connectivity index is 2.04. The number of aryl methyl sites for hydroxylation is 2. The first kappa shape index (κ1) is 12.4. The minimum atomic E-state index is -0.512. The van der Waals surface area contributed by atoms with E-state index in [0.717, 1.165) is 0 Å². The zero-order valence-corrected chi connectivity index (χ0v) is 10.8. The second kappa shape index (κ2) is 5.08. The van der Waals surface area contributed by atoms with E-state index in [1.165, 1.54) is 23.8 Å². The molecule has 0 aliphatic carbocycles. The minimum absolute atomic E-state index is 0.107. The Kier molecular flexibility index (Phi) is 3.50. The monoisotopic (exact) mass is 247 g/mol. The van der Waals surface area contributed by atoms with Crippen LogP contribution < -0.4 is 10.6 Å². The first-order chi connectivity index (χ1) is 8.58. The first-order valence-corrected chi connectivity index (χ1v) is 5.82. The van der Waals surface area contributed by atoms with Gasteiger partial charge in [0.15, 0.2) is 0 Å². The van der Waals surface area contributed by atoms with Crippen LogP contribution in [0.15, 0.2) is 23.2 Å². The summed E-state index contributed by atoms with van der Waals surface area (Å²) >= 11 is 0. The van der Waals surface area contributed by atoms with Crippen LogP contribution in [0.25, 0.3) is 0 Å². The lowest BCUT2D eigenvalue weighted by atomic mass is 10.0. The molecule has 0 bridgehead atoms. The highest BCUT2D eigenvalue weighted by molar-refractivity contribution is 5.94. The van der Waals surface area contributed by atoms with Crippen LogP contribution in [0.1, 0.15) is 22.7 Å². The smallest absolute Gasteiger partial charge is 0.413 e. The summed E-state index contributed by atoms with van der Waals surface area (Å²) in [6.07, 6.45) is -0.512. The summed E-state index contributed by atoms with van der Waals surface area (Å²) in [6.45, 7) is 4.75. The Morgan fingerprint density at radius 3 is 2.67 bits per heavy atom. The maximum atomic E-state index is 11.1. The van der Waals surface area contributed by atoms with Crippen LogP contribution in [0.2, 0.25) is 0 Å². The molecular weight excluding hydrogens is 230 g/mol. The summed E-state index contributed by atoms with van der Waals surface area (Å²) in [7, 11) is 1.33. The van der Waals surface area contributed by atoms with Gasteiger partial charge in [-0.1, -0.05) is 29.3 Å². The Hall–Kier alpha value is -2.04. The fraction of sp³-hybridized carbons (Fsp3) is 0.385. The zero-order chi connectivity index (χ0) is 13.1.